The van der Waals surface area contributed by atoms with Crippen LogP contribution in [0.1, 0.15) is 72.6 Å². The number of piperidine rings is 1. The van der Waals surface area contributed by atoms with Gasteiger partial charge in [0.1, 0.15) is 5.82 Å². The Kier molecular flexibility index (Phi) is 6.03. The Labute approximate surface area is 217 Å². The van der Waals surface area contributed by atoms with Crippen LogP contribution in [-0.2, 0) is 12.8 Å². The summed E-state index contributed by atoms with van der Waals surface area (Å²) in [6.07, 6.45) is 10.9. The van der Waals surface area contributed by atoms with E-state index in [1.54, 1.807) is 12.1 Å². The summed E-state index contributed by atoms with van der Waals surface area (Å²) < 4.78 is 15.3. The molecule has 2 fully saturated rings. The van der Waals surface area contributed by atoms with Gasteiger partial charge in [0.2, 0.25) is 0 Å². The summed E-state index contributed by atoms with van der Waals surface area (Å²) >= 11 is 0. The predicted molar refractivity (Wildman–Crippen MR) is 142 cm³/mol. The molecule has 1 saturated carbocycles. The van der Waals surface area contributed by atoms with Crippen LogP contribution < -0.4 is 0 Å². The van der Waals surface area contributed by atoms with Crippen molar-refractivity contribution in [2.75, 3.05) is 13.1 Å². The highest BCUT2D eigenvalue weighted by molar-refractivity contribution is 5.95. The molecule has 192 valence electrons. The van der Waals surface area contributed by atoms with Gasteiger partial charge in [-0.1, -0.05) is 30.7 Å². The van der Waals surface area contributed by atoms with Crippen molar-refractivity contribution >= 4 is 12.0 Å². The average Bonchev–Trinajstić information content (AvgIpc) is 3.44. The van der Waals surface area contributed by atoms with Gasteiger partial charge in [-0.2, -0.15) is 5.10 Å². The smallest absolute Gasteiger partial charge is 0.254 e. The highest BCUT2D eigenvalue weighted by Gasteiger charge is 2.54. The van der Waals surface area contributed by atoms with E-state index in [-0.39, 0.29) is 17.1 Å². The lowest BCUT2D eigenvalue weighted by Crippen LogP contribution is -2.45. The molecule has 3 aromatic rings. The van der Waals surface area contributed by atoms with Crippen LogP contribution in [0, 0.1) is 11.2 Å². The molecule has 6 rings (SSSR count). The first-order chi connectivity index (χ1) is 17.9. The number of aliphatic hydroxyl groups is 1. The quantitative estimate of drug-likeness (QED) is 0.487. The molecule has 0 radical (unpaired) electrons. The second-order valence-corrected chi connectivity index (χ2v) is 11.2. The SMILES string of the molecule is C[C@]12Cc3cnn(-c4ccc(F)cc4)c3C=C1CC[C@@]2(O)CCc1ccccc1C(=O)N1CCCCC1. The number of aryl methyl sites for hydroxylation is 1. The van der Waals surface area contributed by atoms with E-state index in [4.69, 9.17) is 0 Å². The molecule has 1 aromatic heterocycles. The Bertz CT molecular complexity index is 1360. The number of hydrogen-bond acceptors (Lipinski definition) is 3. The summed E-state index contributed by atoms with van der Waals surface area (Å²) in [6, 6.07) is 14.3. The van der Waals surface area contributed by atoms with Crippen LogP contribution in [0.15, 0.2) is 60.3 Å². The zero-order valence-electron chi connectivity index (χ0n) is 21.4. The van der Waals surface area contributed by atoms with Gasteiger partial charge in [0.25, 0.3) is 5.91 Å². The van der Waals surface area contributed by atoms with Crippen molar-refractivity contribution in [1.29, 1.82) is 0 Å². The number of hydrogen-bond donors (Lipinski definition) is 1. The van der Waals surface area contributed by atoms with E-state index in [9.17, 15) is 14.3 Å². The van der Waals surface area contributed by atoms with Gasteiger partial charge in [-0.15, -0.1) is 0 Å². The van der Waals surface area contributed by atoms with E-state index in [1.165, 1.54) is 24.1 Å². The van der Waals surface area contributed by atoms with Crippen LogP contribution in [0.25, 0.3) is 11.8 Å². The first-order valence-corrected chi connectivity index (χ1v) is 13.5. The van der Waals surface area contributed by atoms with Crippen molar-refractivity contribution in [3.8, 4) is 5.69 Å². The first kappa shape index (κ1) is 24.1. The fourth-order valence-electron chi connectivity index (χ4n) is 6.67. The molecule has 1 N–H and O–H groups in total. The second-order valence-electron chi connectivity index (χ2n) is 11.2. The number of carbonyl (C=O) groups is 1. The molecule has 2 aliphatic carbocycles. The average molecular weight is 500 g/mol. The maximum Gasteiger partial charge on any atom is 0.254 e. The summed E-state index contributed by atoms with van der Waals surface area (Å²) in [4.78, 5) is 15.3. The number of rotatable bonds is 5. The number of benzene rings is 2. The highest BCUT2D eigenvalue weighted by Crippen LogP contribution is 2.56. The molecule has 2 atom stereocenters. The van der Waals surface area contributed by atoms with E-state index in [0.29, 0.717) is 25.7 Å². The fourth-order valence-corrected chi connectivity index (χ4v) is 6.67. The highest BCUT2D eigenvalue weighted by atomic mass is 19.1. The number of aromatic nitrogens is 2. The Morgan fingerprint density at radius 3 is 2.62 bits per heavy atom. The van der Waals surface area contributed by atoms with Crippen LogP contribution >= 0.6 is 0 Å². The zero-order valence-corrected chi connectivity index (χ0v) is 21.4. The molecule has 1 amide bonds. The largest absolute Gasteiger partial charge is 0.389 e. The number of likely N-dealkylation sites (tertiary alicyclic amines) is 1. The number of halogens is 1. The number of fused-ring (bicyclic) bond motifs is 2. The monoisotopic (exact) mass is 499 g/mol. The van der Waals surface area contributed by atoms with E-state index < -0.39 is 5.60 Å². The van der Waals surface area contributed by atoms with E-state index in [2.05, 4.69) is 18.1 Å². The second kappa shape index (κ2) is 9.25. The lowest BCUT2D eigenvalue weighted by atomic mass is 9.65. The number of carbonyl (C=O) groups excluding carboxylic acids is 1. The van der Waals surface area contributed by atoms with Crippen molar-refractivity contribution in [3.05, 3.63) is 88.5 Å². The zero-order chi connectivity index (χ0) is 25.6. The summed E-state index contributed by atoms with van der Waals surface area (Å²) in [5.74, 6) is -0.146. The molecular formula is C31H34FN3O2. The molecule has 6 heteroatoms. The van der Waals surface area contributed by atoms with Crippen molar-refractivity contribution in [2.45, 2.75) is 63.9 Å². The molecule has 1 saturated heterocycles. The maximum absolute atomic E-state index is 13.4. The number of amides is 1. The normalized spacial score (nSPS) is 24.9. The minimum absolute atomic E-state index is 0.121. The molecule has 37 heavy (non-hydrogen) atoms. The van der Waals surface area contributed by atoms with Gasteiger partial charge in [0.05, 0.1) is 23.2 Å². The van der Waals surface area contributed by atoms with Crippen LogP contribution in [-0.4, -0.2) is 44.4 Å². The van der Waals surface area contributed by atoms with Gasteiger partial charge in [0, 0.05) is 24.1 Å². The van der Waals surface area contributed by atoms with Gasteiger partial charge >= 0.3 is 0 Å². The minimum atomic E-state index is -0.865. The third kappa shape index (κ3) is 4.11. The standard InChI is InChI=1S/C31H34FN3O2/c1-30-20-23-21-33-35(26-11-9-25(32)10-12-26)28(23)19-24(30)14-16-31(30,37)15-13-22-7-3-4-8-27(22)29(36)34-17-5-2-6-18-34/h3-4,7-12,19,21,37H,2,5-6,13-18,20H2,1H3/t30-,31-/m0/s1. The third-order valence-corrected chi connectivity index (χ3v) is 9.06. The lowest BCUT2D eigenvalue weighted by Gasteiger charge is -2.42. The Morgan fingerprint density at radius 1 is 1.08 bits per heavy atom. The van der Waals surface area contributed by atoms with Crippen molar-refractivity contribution < 1.29 is 14.3 Å². The van der Waals surface area contributed by atoms with Crippen molar-refractivity contribution in [2.24, 2.45) is 5.41 Å². The van der Waals surface area contributed by atoms with Crippen LogP contribution in [0.5, 0.6) is 0 Å². The maximum atomic E-state index is 13.4. The first-order valence-electron chi connectivity index (χ1n) is 13.5. The van der Waals surface area contributed by atoms with Crippen molar-refractivity contribution in [1.82, 2.24) is 14.7 Å². The fraction of sp³-hybridized carbons (Fsp3) is 0.419. The van der Waals surface area contributed by atoms with Gasteiger partial charge in [-0.25, -0.2) is 9.07 Å². The number of nitrogens with zero attached hydrogens (tertiary/aromatic N) is 3. The molecule has 3 aliphatic rings. The molecule has 0 bridgehead atoms. The van der Waals surface area contributed by atoms with Crippen molar-refractivity contribution in [3.63, 3.8) is 0 Å². The summed E-state index contributed by atoms with van der Waals surface area (Å²) in [6.45, 7) is 3.84. The molecular weight excluding hydrogens is 465 g/mol. The topological polar surface area (TPSA) is 58.4 Å². The van der Waals surface area contributed by atoms with E-state index in [1.807, 2.05) is 40.0 Å². The van der Waals surface area contributed by atoms with Gasteiger partial charge in [0.15, 0.2) is 0 Å². The van der Waals surface area contributed by atoms with E-state index in [0.717, 1.165) is 60.4 Å². The van der Waals surface area contributed by atoms with Crippen LogP contribution in [0.2, 0.25) is 0 Å². The molecule has 1 aliphatic heterocycles. The van der Waals surface area contributed by atoms with Crippen LogP contribution in [0.4, 0.5) is 4.39 Å². The third-order valence-electron chi connectivity index (χ3n) is 9.06. The van der Waals surface area contributed by atoms with Crippen LogP contribution in [0.3, 0.4) is 0 Å². The summed E-state index contributed by atoms with van der Waals surface area (Å²) in [7, 11) is 0. The van der Waals surface area contributed by atoms with Gasteiger partial charge in [-0.05, 0) is 98.9 Å². The van der Waals surface area contributed by atoms with Gasteiger partial charge in [-0.3, -0.25) is 4.79 Å². The predicted octanol–water partition coefficient (Wildman–Crippen LogP) is 5.74. The van der Waals surface area contributed by atoms with Gasteiger partial charge < -0.3 is 10.0 Å². The molecule has 2 aromatic carbocycles. The Hall–Kier alpha value is -3.25. The summed E-state index contributed by atoms with van der Waals surface area (Å²) in [5.41, 5.74) is 4.72. The summed E-state index contributed by atoms with van der Waals surface area (Å²) in [5, 5.41) is 16.7. The molecule has 5 nitrogen and oxygen atoms in total. The minimum Gasteiger partial charge on any atom is -0.389 e. The van der Waals surface area contributed by atoms with E-state index >= 15 is 0 Å². The Balaban J connectivity index is 1.24. The molecule has 0 spiro atoms. The molecule has 0 unspecified atom stereocenters. The lowest BCUT2D eigenvalue weighted by molar-refractivity contribution is -0.0462. The Morgan fingerprint density at radius 2 is 1.84 bits per heavy atom. The molecule has 2 heterocycles.